The van der Waals surface area contributed by atoms with Crippen LogP contribution in [0, 0.1) is 6.92 Å². The molecule has 0 bridgehead atoms. The zero-order chi connectivity index (χ0) is 19.5. The van der Waals surface area contributed by atoms with Gasteiger partial charge in [0.05, 0.1) is 18.2 Å². The largest absolute Gasteiger partial charge is 0.490 e. The van der Waals surface area contributed by atoms with Crippen molar-refractivity contribution in [1.29, 1.82) is 0 Å². The van der Waals surface area contributed by atoms with Crippen LogP contribution in [0.25, 0.3) is 0 Å². The van der Waals surface area contributed by atoms with E-state index in [1.165, 1.54) is 5.56 Å². The van der Waals surface area contributed by atoms with E-state index in [2.05, 4.69) is 23.6 Å². The molecule has 2 aromatic rings. The highest BCUT2D eigenvalue weighted by molar-refractivity contribution is 6.32. The Kier molecular flexibility index (Phi) is 9.42. The summed E-state index contributed by atoms with van der Waals surface area (Å²) < 4.78 is 11.8. The molecule has 5 nitrogen and oxygen atoms in total. The average molecular weight is 393 g/mol. The minimum atomic E-state index is 0.150. The van der Waals surface area contributed by atoms with Crippen LogP contribution in [-0.2, 0) is 13.2 Å². The molecular formula is C21H29ClN2O3. The van der Waals surface area contributed by atoms with Crippen LogP contribution in [-0.4, -0.2) is 38.0 Å². The van der Waals surface area contributed by atoms with Crippen molar-refractivity contribution < 1.29 is 14.6 Å². The van der Waals surface area contributed by atoms with Gasteiger partial charge in [-0.05, 0) is 42.7 Å². The van der Waals surface area contributed by atoms with Crippen LogP contribution in [0.15, 0.2) is 36.4 Å². The van der Waals surface area contributed by atoms with Gasteiger partial charge in [-0.2, -0.15) is 0 Å². The maximum Gasteiger partial charge on any atom is 0.180 e. The second-order valence-corrected chi connectivity index (χ2v) is 6.61. The van der Waals surface area contributed by atoms with Gasteiger partial charge in [0, 0.05) is 26.2 Å². The number of hydrogen-bond acceptors (Lipinski definition) is 5. The van der Waals surface area contributed by atoms with Crippen molar-refractivity contribution in [2.24, 2.45) is 0 Å². The van der Waals surface area contributed by atoms with Crippen LogP contribution in [0.1, 0.15) is 23.6 Å². The number of rotatable bonds is 12. The van der Waals surface area contributed by atoms with Crippen molar-refractivity contribution in [3.63, 3.8) is 0 Å². The van der Waals surface area contributed by atoms with Crippen molar-refractivity contribution >= 4 is 11.6 Å². The number of aryl methyl sites for hydroxylation is 1. The molecule has 0 fully saturated rings. The minimum Gasteiger partial charge on any atom is -0.490 e. The monoisotopic (exact) mass is 392 g/mol. The van der Waals surface area contributed by atoms with E-state index in [0.717, 1.165) is 24.2 Å². The molecule has 0 saturated carbocycles. The summed E-state index contributed by atoms with van der Waals surface area (Å²) in [4.78, 5) is 0. The second kappa shape index (κ2) is 11.8. The van der Waals surface area contributed by atoms with E-state index in [4.69, 9.17) is 26.2 Å². The minimum absolute atomic E-state index is 0.150. The van der Waals surface area contributed by atoms with Gasteiger partial charge in [0.1, 0.15) is 6.61 Å². The topological polar surface area (TPSA) is 62.8 Å². The van der Waals surface area contributed by atoms with E-state index in [0.29, 0.717) is 42.8 Å². The van der Waals surface area contributed by atoms with Crippen molar-refractivity contribution in [2.45, 2.75) is 27.0 Å². The fourth-order valence-electron chi connectivity index (χ4n) is 2.66. The van der Waals surface area contributed by atoms with E-state index in [1.807, 2.05) is 37.3 Å². The third-order valence-electron chi connectivity index (χ3n) is 4.10. The number of halogens is 1. The molecule has 2 rings (SSSR count). The molecule has 0 unspecified atom stereocenters. The quantitative estimate of drug-likeness (QED) is 0.484. The highest BCUT2D eigenvalue weighted by Crippen LogP contribution is 2.37. The number of benzene rings is 2. The summed E-state index contributed by atoms with van der Waals surface area (Å²) in [5.41, 5.74) is 3.34. The summed E-state index contributed by atoms with van der Waals surface area (Å²) in [6.45, 7) is 8.02. The Morgan fingerprint density at radius 3 is 2.56 bits per heavy atom. The lowest BCUT2D eigenvalue weighted by atomic mass is 10.1. The van der Waals surface area contributed by atoms with E-state index in [-0.39, 0.29) is 6.61 Å². The summed E-state index contributed by atoms with van der Waals surface area (Å²) in [5.74, 6) is 1.24. The molecule has 0 aliphatic heterocycles. The molecule has 3 N–H and O–H groups in total. The lowest BCUT2D eigenvalue weighted by Gasteiger charge is -2.16. The Morgan fingerprint density at radius 1 is 1.04 bits per heavy atom. The lowest BCUT2D eigenvalue weighted by molar-refractivity contribution is 0.268. The van der Waals surface area contributed by atoms with Gasteiger partial charge in [-0.15, -0.1) is 0 Å². The number of aliphatic hydroxyl groups excluding tert-OH is 1. The molecule has 0 aromatic heterocycles. The maximum atomic E-state index is 8.75. The first kappa shape index (κ1) is 21.5. The molecule has 148 valence electrons. The molecule has 0 atom stereocenters. The SMILES string of the molecule is CCOc1cc(CNCCNCCO)cc(Cl)c1OCc1ccccc1C. The number of hydrogen-bond donors (Lipinski definition) is 3. The number of ether oxygens (including phenoxy) is 2. The highest BCUT2D eigenvalue weighted by atomic mass is 35.5. The Morgan fingerprint density at radius 2 is 1.81 bits per heavy atom. The van der Waals surface area contributed by atoms with Crippen molar-refractivity contribution in [3.05, 3.63) is 58.1 Å². The summed E-state index contributed by atoms with van der Waals surface area (Å²) in [6.07, 6.45) is 0. The molecular weight excluding hydrogens is 364 g/mol. The first-order valence-electron chi connectivity index (χ1n) is 9.30. The first-order valence-corrected chi connectivity index (χ1v) is 9.68. The standard InChI is InChI=1S/C21H29ClN2O3/c1-3-26-20-13-17(14-24-9-8-23-10-11-25)12-19(22)21(20)27-15-18-7-5-4-6-16(18)2/h4-7,12-13,23-25H,3,8-11,14-15H2,1-2H3. The first-order chi connectivity index (χ1) is 13.2. The predicted molar refractivity (Wildman–Crippen MR) is 110 cm³/mol. The number of aliphatic hydroxyl groups is 1. The molecule has 6 heteroatoms. The summed E-state index contributed by atoms with van der Waals surface area (Å²) in [5, 5.41) is 15.8. The van der Waals surface area contributed by atoms with Crippen LogP contribution in [0.4, 0.5) is 0 Å². The van der Waals surface area contributed by atoms with Crippen LogP contribution in [0.3, 0.4) is 0 Å². The Balaban J connectivity index is 2.01. The van der Waals surface area contributed by atoms with E-state index < -0.39 is 0 Å². The van der Waals surface area contributed by atoms with Gasteiger partial charge in [0.25, 0.3) is 0 Å². The predicted octanol–water partition coefficient (Wildman–Crippen LogP) is 3.30. The van der Waals surface area contributed by atoms with E-state index in [1.54, 1.807) is 0 Å². The molecule has 2 aromatic carbocycles. The Labute approximate surface area is 166 Å². The average Bonchev–Trinajstić information content (AvgIpc) is 2.65. The van der Waals surface area contributed by atoms with Crippen LogP contribution < -0.4 is 20.1 Å². The fourth-order valence-corrected chi connectivity index (χ4v) is 2.95. The Hall–Kier alpha value is -1.79. The highest BCUT2D eigenvalue weighted by Gasteiger charge is 2.13. The third-order valence-corrected chi connectivity index (χ3v) is 4.38. The Bertz CT molecular complexity index is 710. The van der Waals surface area contributed by atoms with Crippen LogP contribution >= 0.6 is 11.6 Å². The summed E-state index contributed by atoms with van der Waals surface area (Å²) in [7, 11) is 0. The number of nitrogens with one attached hydrogen (secondary N) is 2. The smallest absolute Gasteiger partial charge is 0.180 e. The van der Waals surface area contributed by atoms with Crippen LogP contribution in [0.5, 0.6) is 11.5 Å². The van der Waals surface area contributed by atoms with Gasteiger partial charge in [0.15, 0.2) is 11.5 Å². The molecule has 0 heterocycles. The van der Waals surface area contributed by atoms with E-state index in [9.17, 15) is 0 Å². The zero-order valence-corrected chi connectivity index (χ0v) is 16.8. The van der Waals surface area contributed by atoms with Crippen molar-refractivity contribution in [2.75, 3.05) is 32.8 Å². The van der Waals surface area contributed by atoms with Gasteiger partial charge < -0.3 is 25.2 Å². The van der Waals surface area contributed by atoms with E-state index >= 15 is 0 Å². The van der Waals surface area contributed by atoms with Gasteiger partial charge >= 0.3 is 0 Å². The summed E-state index contributed by atoms with van der Waals surface area (Å²) >= 11 is 6.48. The molecule has 0 aliphatic carbocycles. The third kappa shape index (κ3) is 7.03. The molecule has 0 spiro atoms. The van der Waals surface area contributed by atoms with Crippen LogP contribution in [0.2, 0.25) is 5.02 Å². The molecule has 0 aliphatic rings. The van der Waals surface area contributed by atoms with Crippen molar-refractivity contribution in [3.8, 4) is 11.5 Å². The molecule has 0 radical (unpaired) electrons. The van der Waals surface area contributed by atoms with Gasteiger partial charge in [-0.25, -0.2) is 0 Å². The molecule has 0 amide bonds. The fraction of sp³-hybridized carbons (Fsp3) is 0.429. The lowest BCUT2D eigenvalue weighted by Crippen LogP contribution is -2.28. The zero-order valence-electron chi connectivity index (χ0n) is 16.1. The second-order valence-electron chi connectivity index (χ2n) is 6.20. The van der Waals surface area contributed by atoms with Gasteiger partial charge in [0.2, 0.25) is 0 Å². The normalized spacial score (nSPS) is 10.8. The molecule has 27 heavy (non-hydrogen) atoms. The molecule has 0 saturated heterocycles. The van der Waals surface area contributed by atoms with Crippen molar-refractivity contribution in [1.82, 2.24) is 10.6 Å². The van der Waals surface area contributed by atoms with Gasteiger partial charge in [-0.1, -0.05) is 35.9 Å². The van der Waals surface area contributed by atoms with Gasteiger partial charge in [-0.3, -0.25) is 0 Å². The summed E-state index contributed by atoms with van der Waals surface area (Å²) in [6, 6.07) is 12.0. The maximum absolute atomic E-state index is 8.75.